The summed E-state index contributed by atoms with van der Waals surface area (Å²) in [7, 11) is 4.49. The molecule has 1 unspecified atom stereocenters. The van der Waals surface area contributed by atoms with E-state index < -0.39 is 18.0 Å². The quantitative estimate of drug-likeness (QED) is 0.576. The summed E-state index contributed by atoms with van der Waals surface area (Å²) in [4.78, 5) is 21.4. The van der Waals surface area contributed by atoms with Crippen LogP contribution in [0.1, 0.15) is 24.1 Å². The highest BCUT2D eigenvalue weighted by Gasteiger charge is 2.33. The number of halogens is 3. The molecule has 178 valence electrons. The number of rotatable bonds is 7. The number of carbonyl (C=O) groups is 1. The zero-order valence-electron chi connectivity index (χ0n) is 18.4. The lowest BCUT2D eigenvalue weighted by atomic mass is 10.1. The van der Waals surface area contributed by atoms with Gasteiger partial charge in [0.1, 0.15) is 6.10 Å². The minimum absolute atomic E-state index is 0.206. The average Bonchev–Trinajstić information content (AvgIpc) is 2.81. The van der Waals surface area contributed by atoms with Gasteiger partial charge in [-0.25, -0.2) is 4.98 Å². The van der Waals surface area contributed by atoms with Gasteiger partial charge in [-0.15, -0.1) is 0 Å². The Morgan fingerprint density at radius 1 is 1.15 bits per heavy atom. The first-order chi connectivity index (χ1) is 15.7. The van der Waals surface area contributed by atoms with Crippen LogP contribution in [-0.4, -0.2) is 61.3 Å². The molecule has 0 bridgehead atoms. The van der Waals surface area contributed by atoms with Gasteiger partial charge < -0.3 is 23.8 Å². The van der Waals surface area contributed by atoms with Gasteiger partial charge >= 0.3 is 12.2 Å². The van der Waals surface area contributed by atoms with E-state index in [0.717, 1.165) is 12.3 Å². The molecule has 3 rings (SSSR count). The lowest BCUT2D eigenvalue weighted by Gasteiger charge is -2.31. The summed E-state index contributed by atoms with van der Waals surface area (Å²) in [5.41, 5.74) is -0.412. The summed E-state index contributed by atoms with van der Waals surface area (Å²) in [6.07, 6.45) is 0.120. The third kappa shape index (κ3) is 6.05. The van der Waals surface area contributed by atoms with Crippen molar-refractivity contribution in [1.29, 1.82) is 0 Å². The highest BCUT2D eigenvalue weighted by Crippen LogP contribution is 2.38. The fourth-order valence-corrected chi connectivity index (χ4v) is 3.41. The smallest absolute Gasteiger partial charge is 0.433 e. The number of piperidine rings is 1. The summed E-state index contributed by atoms with van der Waals surface area (Å²) >= 11 is 0. The van der Waals surface area contributed by atoms with Crippen LogP contribution in [0.3, 0.4) is 0 Å². The van der Waals surface area contributed by atoms with E-state index in [4.69, 9.17) is 18.9 Å². The zero-order chi connectivity index (χ0) is 24.0. The maximum Gasteiger partial charge on any atom is 0.433 e. The normalized spacial score (nSPS) is 16.5. The number of ether oxygens (including phenoxy) is 4. The minimum Gasteiger partial charge on any atom is -0.493 e. The van der Waals surface area contributed by atoms with Gasteiger partial charge in [-0.3, -0.25) is 4.79 Å². The molecule has 2 aromatic rings. The molecule has 0 spiro atoms. The van der Waals surface area contributed by atoms with Gasteiger partial charge in [-0.2, -0.15) is 18.2 Å². The van der Waals surface area contributed by atoms with Crippen molar-refractivity contribution < 1.29 is 36.9 Å². The number of aromatic nitrogens is 2. The van der Waals surface area contributed by atoms with Crippen LogP contribution in [0.25, 0.3) is 6.08 Å². The maximum atomic E-state index is 12.8. The molecule has 1 fully saturated rings. The maximum absolute atomic E-state index is 12.8. The first kappa shape index (κ1) is 24.1. The lowest BCUT2D eigenvalue weighted by molar-refractivity contribution is -0.141. The SMILES string of the molecule is COc1cc(/C=C/C(=O)N2CCCC(Oc3nccc(C(F)(F)F)n3)C2)cc(OC)c1OC. The van der Waals surface area contributed by atoms with Crippen molar-refractivity contribution in [3.05, 3.63) is 41.7 Å². The van der Waals surface area contributed by atoms with Crippen molar-refractivity contribution in [2.75, 3.05) is 34.4 Å². The van der Waals surface area contributed by atoms with E-state index >= 15 is 0 Å². The number of hydrogen-bond donors (Lipinski definition) is 0. The molecule has 8 nitrogen and oxygen atoms in total. The molecule has 1 saturated heterocycles. The first-order valence-corrected chi connectivity index (χ1v) is 10.1. The summed E-state index contributed by atoms with van der Waals surface area (Å²) < 4.78 is 60.0. The van der Waals surface area contributed by atoms with Gasteiger partial charge in [0.15, 0.2) is 17.2 Å². The molecule has 1 aromatic carbocycles. The van der Waals surface area contributed by atoms with E-state index in [1.54, 1.807) is 23.1 Å². The molecular weight excluding hydrogens is 443 g/mol. The number of carbonyl (C=O) groups excluding carboxylic acids is 1. The van der Waals surface area contributed by atoms with Crippen molar-refractivity contribution in [1.82, 2.24) is 14.9 Å². The molecule has 1 aromatic heterocycles. The number of benzene rings is 1. The van der Waals surface area contributed by atoms with Gasteiger partial charge in [0.25, 0.3) is 0 Å². The number of likely N-dealkylation sites (tertiary alicyclic amines) is 1. The highest BCUT2D eigenvalue weighted by atomic mass is 19.4. The summed E-state index contributed by atoms with van der Waals surface area (Å²) in [5, 5.41) is 0. The molecular formula is C22H24F3N3O5. The standard InChI is InChI=1S/C22H24F3N3O5/c1-30-16-11-14(12-17(31-2)20(16)32-3)6-7-19(29)28-10-4-5-15(13-28)33-21-26-9-8-18(27-21)22(23,24)25/h6-9,11-12,15H,4-5,10,13H2,1-3H3/b7-6+. The van der Waals surface area contributed by atoms with Crippen LogP contribution in [0.15, 0.2) is 30.5 Å². The van der Waals surface area contributed by atoms with Crippen LogP contribution in [0.5, 0.6) is 23.3 Å². The van der Waals surface area contributed by atoms with E-state index in [9.17, 15) is 18.0 Å². The van der Waals surface area contributed by atoms with Gasteiger partial charge in [-0.1, -0.05) is 0 Å². The molecule has 0 radical (unpaired) electrons. The van der Waals surface area contributed by atoms with Crippen molar-refractivity contribution in [3.8, 4) is 23.3 Å². The molecule has 0 aliphatic carbocycles. The van der Waals surface area contributed by atoms with Gasteiger partial charge in [0.2, 0.25) is 11.7 Å². The molecule has 1 aliphatic rings. The fourth-order valence-electron chi connectivity index (χ4n) is 3.41. The van der Waals surface area contributed by atoms with Crippen molar-refractivity contribution in [2.45, 2.75) is 25.1 Å². The van der Waals surface area contributed by atoms with E-state index in [1.807, 2.05) is 0 Å². The number of nitrogens with zero attached hydrogens (tertiary/aromatic N) is 3. The van der Waals surface area contributed by atoms with Crippen LogP contribution in [-0.2, 0) is 11.0 Å². The third-order valence-corrected chi connectivity index (χ3v) is 4.99. The van der Waals surface area contributed by atoms with Crippen LogP contribution in [0, 0.1) is 0 Å². The Hall–Kier alpha value is -3.50. The van der Waals surface area contributed by atoms with Crippen LogP contribution in [0.2, 0.25) is 0 Å². The van der Waals surface area contributed by atoms with Crippen LogP contribution < -0.4 is 18.9 Å². The molecule has 11 heteroatoms. The van der Waals surface area contributed by atoms with Crippen molar-refractivity contribution >= 4 is 12.0 Å². The number of methoxy groups -OCH3 is 3. The monoisotopic (exact) mass is 467 g/mol. The second-order valence-electron chi connectivity index (χ2n) is 7.18. The molecule has 1 amide bonds. The van der Waals surface area contributed by atoms with E-state index in [0.29, 0.717) is 42.2 Å². The Morgan fingerprint density at radius 2 is 1.85 bits per heavy atom. The van der Waals surface area contributed by atoms with Crippen LogP contribution >= 0.6 is 0 Å². The Kier molecular flexibility index (Phi) is 7.62. The van der Waals surface area contributed by atoms with E-state index in [-0.39, 0.29) is 18.5 Å². The van der Waals surface area contributed by atoms with E-state index in [2.05, 4.69) is 9.97 Å². The Labute approximate surface area is 188 Å². The summed E-state index contributed by atoms with van der Waals surface area (Å²) in [6.45, 7) is 0.708. The average molecular weight is 467 g/mol. The Bertz CT molecular complexity index is 988. The molecule has 33 heavy (non-hydrogen) atoms. The number of hydrogen-bond acceptors (Lipinski definition) is 7. The topological polar surface area (TPSA) is 83.0 Å². The second-order valence-corrected chi connectivity index (χ2v) is 7.18. The molecule has 1 aliphatic heterocycles. The van der Waals surface area contributed by atoms with Crippen LogP contribution in [0.4, 0.5) is 13.2 Å². The Balaban J connectivity index is 1.67. The predicted molar refractivity (Wildman–Crippen MR) is 112 cm³/mol. The van der Waals surface area contributed by atoms with Gasteiger partial charge in [-0.05, 0) is 42.7 Å². The lowest BCUT2D eigenvalue weighted by Crippen LogP contribution is -2.44. The largest absolute Gasteiger partial charge is 0.493 e. The fraction of sp³-hybridized carbons (Fsp3) is 0.409. The van der Waals surface area contributed by atoms with E-state index in [1.165, 1.54) is 27.4 Å². The van der Waals surface area contributed by atoms with Gasteiger partial charge in [0, 0.05) is 18.8 Å². The van der Waals surface area contributed by atoms with Crippen molar-refractivity contribution in [2.24, 2.45) is 0 Å². The first-order valence-electron chi connectivity index (χ1n) is 10.1. The number of alkyl halides is 3. The van der Waals surface area contributed by atoms with Gasteiger partial charge in [0.05, 0.1) is 27.9 Å². The highest BCUT2D eigenvalue weighted by molar-refractivity contribution is 5.92. The van der Waals surface area contributed by atoms with Crippen molar-refractivity contribution in [3.63, 3.8) is 0 Å². The second kappa shape index (κ2) is 10.4. The molecule has 0 N–H and O–H groups in total. The zero-order valence-corrected chi connectivity index (χ0v) is 18.4. The predicted octanol–water partition coefficient (Wildman–Crippen LogP) is 3.60. The molecule has 2 heterocycles. The minimum atomic E-state index is -4.59. The molecule has 1 atom stereocenters. The Morgan fingerprint density at radius 3 is 2.45 bits per heavy atom. The molecule has 0 saturated carbocycles. The summed E-state index contributed by atoms with van der Waals surface area (Å²) in [6, 6.07) is 3.82. The summed E-state index contributed by atoms with van der Waals surface area (Å²) in [5.74, 6) is 1.09. The third-order valence-electron chi connectivity index (χ3n) is 4.99. The number of amides is 1.